The summed E-state index contributed by atoms with van der Waals surface area (Å²) in [4.78, 5) is 0. The summed E-state index contributed by atoms with van der Waals surface area (Å²) in [6, 6.07) is 6.06. The van der Waals surface area contributed by atoms with Gasteiger partial charge in [-0.1, -0.05) is 129 Å². The van der Waals surface area contributed by atoms with Gasteiger partial charge in [0.2, 0.25) is 0 Å². The average Bonchev–Trinajstić information content (AvgIpc) is 2.80. The topological polar surface area (TPSA) is 18.5 Å². The van der Waals surface area contributed by atoms with Crippen molar-refractivity contribution >= 4 is 0 Å². The summed E-state index contributed by atoms with van der Waals surface area (Å²) in [5.74, 6) is 1.80. The van der Waals surface area contributed by atoms with Crippen molar-refractivity contribution < 1.29 is 9.47 Å². The fraction of sp³-hybridized carbons (Fsp3) is 0.774. The van der Waals surface area contributed by atoms with E-state index in [-0.39, 0.29) is 0 Å². The van der Waals surface area contributed by atoms with Crippen LogP contribution in [-0.2, 0) is 0 Å². The molecule has 2 nitrogen and oxygen atoms in total. The van der Waals surface area contributed by atoms with Crippen molar-refractivity contribution in [1.82, 2.24) is 0 Å². The lowest BCUT2D eigenvalue weighted by molar-refractivity contribution is 0.289. The van der Waals surface area contributed by atoms with E-state index in [2.05, 4.69) is 20.8 Å². The van der Waals surface area contributed by atoms with Crippen LogP contribution in [0.2, 0.25) is 0 Å². The standard InChI is InChI=1S/C31H55O2/c1-4-6-8-10-12-14-16-18-20-22-24-32-30-26-29(3)27-31(28-30)33-25-23-21-19-17-15-13-11-9-7-5-2/h26-28H,3-25H2,1-2H3. The summed E-state index contributed by atoms with van der Waals surface area (Å²) in [5.41, 5.74) is 0.966. The Labute approximate surface area is 207 Å². The van der Waals surface area contributed by atoms with Gasteiger partial charge in [0.1, 0.15) is 11.5 Å². The highest BCUT2D eigenvalue weighted by Gasteiger charge is 2.02. The molecule has 33 heavy (non-hydrogen) atoms. The van der Waals surface area contributed by atoms with Crippen LogP contribution in [-0.4, -0.2) is 13.2 Å². The number of unbranched alkanes of at least 4 members (excludes halogenated alkanes) is 18. The van der Waals surface area contributed by atoms with Crippen molar-refractivity contribution in [3.8, 4) is 11.5 Å². The summed E-state index contributed by atoms with van der Waals surface area (Å²) in [6.45, 7) is 10.2. The van der Waals surface area contributed by atoms with Gasteiger partial charge in [-0.3, -0.25) is 0 Å². The van der Waals surface area contributed by atoms with E-state index in [1.165, 1.54) is 116 Å². The summed E-state index contributed by atoms with van der Waals surface area (Å²) in [6.07, 6.45) is 27.0. The Morgan fingerprint density at radius 1 is 0.455 bits per heavy atom. The Morgan fingerprint density at radius 2 is 0.758 bits per heavy atom. The van der Waals surface area contributed by atoms with Gasteiger partial charge in [0.15, 0.2) is 0 Å². The monoisotopic (exact) mass is 459 g/mol. The second kappa shape index (κ2) is 22.6. The van der Waals surface area contributed by atoms with E-state index in [0.29, 0.717) is 0 Å². The first-order valence-electron chi connectivity index (χ1n) is 14.5. The Kier molecular flexibility index (Phi) is 20.4. The summed E-state index contributed by atoms with van der Waals surface area (Å²) >= 11 is 0. The highest BCUT2D eigenvalue weighted by Crippen LogP contribution is 2.23. The molecule has 0 N–H and O–H groups in total. The zero-order valence-corrected chi connectivity index (χ0v) is 22.3. The molecular weight excluding hydrogens is 404 g/mol. The Balaban J connectivity index is 2.02. The zero-order valence-electron chi connectivity index (χ0n) is 22.3. The van der Waals surface area contributed by atoms with Crippen LogP contribution in [0.15, 0.2) is 18.2 Å². The van der Waals surface area contributed by atoms with Crippen LogP contribution in [0.3, 0.4) is 0 Å². The average molecular weight is 460 g/mol. The lowest BCUT2D eigenvalue weighted by Crippen LogP contribution is -2.00. The molecule has 0 fully saturated rings. The molecule has 0 bridgehead atoms. The van der Waals surface area contributed by atoms with Gasteiger partial charge in [0.05, 0.1) is 13.2 Å². The minimum absolute atomic E-state index is 0.790. The maximum Gasteiger partial charge on any atom is 0.123 e. The number of ether oxygens (including phenoxy) is 2. The molecule has 0 aliphatic rings. The van der Waals surface area contributed by atoms with Crippen LogP contribution in [0.25, 0.3) is 0 Å². The fourth-order valence-corrected chi connectivity index (χ4v) is 4.36. The molecule has 191 valence electrons. The number of benzene rings is 1. The first-order chi connectivity index (χ1) is 16.3. The smallest absolute Gasteiger partial charge is 0.123 e. The predicted molar refractivity (Wildman–Crippen MR) is 146 cm³/mol. The molecule has 1 aromatic carbocycles. The molecule has 1 radical (unpaired) electrons. The van der Waals surface area contributed by atoms with Gasteiger partial charge in [-0.2, -0.15) is 0 Å². The predicted octanol–water partition coefficient (Wildman–Crippen LogP) is 10.5. The molecule has 1 rings (SSSR count). The van der Waals surface area contributed by atoms with E-state index in [4.69, 9.17) is 9.47 Å². The van der Waals surface area contributed by atoms with Crippen LogP contribution >= 0.6 is 0 Å². The van der Waals surface area contributed by atoms with E-state index in [9.17, 15) is 0 Å². The molecule has 0 heterocycles. The third kappa shape index (κ3) is 18.9. The lowest BCUT2D eigenvalue weighted by Gasteiger charge is -2.11. The molecular formula is C31H55O2. The van der Waals surface area contributed by atoms with Gasteiger partial charge in [-0.15, -0.1) is 0 Å². The second-order valence-corrected chi connectivity index (χ2v) is 9.87. The molecule has 0 atom stereocenters. The van der Waals surface area contributed by atoms with Crippen molar-refractivity contribution in [2.75, 3.05) is 13.2 Å². The van der Waals surface area contributed by atoms with Crippen LogP contribution in [0.5, 0.6) is 11.5 Å². The number of hydrogen-bond acceptors (Lipinski definition) is 2. The van der Waals surface area contributed by atoms with E-state index in [1.807, 2.05) is 18.2 Å². The zero-order chi connectivity index (χ0) is 23.8. The summed E-state index contributed by atoms with van der Waals surface area (Å²) in [5, 5.41) is 0. The molecule has 0 amide bonds. The van der Waals surface area contributed by atoms with E-state index in [0.717, 1.165) is 43.1 Å². The maximum absolute atomic E-state index is 5.99. The van der Waals surface area contributed by atoms with Crippen LogP contribution in [0.1, 0.15) is 148 Å². The van der Waals surface area contributed by atoms with Gasteiger partial charge in [0, 0.05) is 6.07 Å². The minimum atomic E-state index is 0.790. The maximum atomic E-state index is 5.99. The SMILES string of the molecule is [CH2]c1cc(OCCCCCCCCCCCC)cc(OCCCCCCCCCCCC)c1. The summed E-state index contributed by atoms with van der Waals surface area (Å²) < 4.78 is 12.0. The van der Waals surface area contributed by atoms with Gasteiger partial charge in [0.25, 0.3) is 0 Å². The molecule has 0 spiro atoms. The molecule has 0 saturated heterocycles. The number of rotatable bonds is 24. The third-order valence-corrected chi connectivity index (χ3v) is 6.47. The molecule has 0 aliphatic carbocycles. The Morgan fingerprint density at radius 3 is 1.09 bits per heavy atom. The molecule has 0 saturated carbocycles. The van der Waals surface area contributed by atoms with Crippen molar-refractivity contribution in [1.29, 1.82) is 0 Å². The molecule has 0 aromatic heterocycles. The lowest BCUT2D eigenvalue weighted by atomic mass is 10.1. The fourth-order valence-electron chi connectivity index (χ4n) is 4.36. The van der Waals surface area contributed by atoms with Crippen molar-refractivity contribution in [2.24, 2.45) is 0 Å². The van der Waals surface area contributed by atoms with E-state index < -0.39 is 0 Å². The van der Waals surface area contributed by atoms with Gasteiger partial charge in [-0.25, -0.2) is 0 Å². The summed E-state index contributed by atoms with van der Waals surface area (Å²) in [7, 11) is 0. The minimum Gasteiger partial charge on any atom is -0.493 e. The van der Waals surface area contributed by atoms with E-state index >= 15 is 0 Å². The van der Waals surface area contributed by atoms with Gasteiger partial charge < -0.3 is 9.47 Å². The van der Waals surface area contributed by atoms with Gasteiger partial charge >= 0.3 is 0 Å². The Hall–Kier alpha value is -1.18. The Bertz CT molecular complexity index is 495. The second-order valence-electron chi connectivity index (χ2n) is 9.87. The van der Waals surface area contributed by atoms with E-state index in [1.54, 1.807) is 0 Å². The first-order valence-corrected chi connectivity index (χ1v) is 14.5. The van der Waals surface area contributed by atoms with Crippen molar-refractivity contribution in [3.05, 3.63) is 30.7 Å². The first kappa shape index (κ1) is 29.9. The highest BCUT2D eigenvalue weighted by atomic mass is 16.5. The van der Waals surface area contributed by atoms with Gasteiger partial charge in [-0.05, 0) is 37.5 Å². The van der Waals surface area contributed by atoms with Crippen LogP contribution in [0.4, 0.5) is 0 Å². The normalized spacial score (nSPS) is 11.1. The quantitative estimate of drug-likeness (QED) is 0.143. The highest BCUT2D eigenvalue weighted by molar-refractivity contribution is 5.39. The third-order valence-electron chi connectivity index (χ3n) is 6.47. The molecule has 1 aromatic rings. The van der Waals surface area contributed by atoms with Crippen molar-refractivity contribution in [2.45, 2.75) is 142 Å². The largest absolute Gasteiger partial charge is 0.493 e. The van der Waals surface area contributed by atoms with Crippen LogP contribution in [0, 0.1) is 6.92 Å². The number of hydrogen-bond donors (Lipinski definition) is 0. The molecule has 2 heteroatoms. The molecule has 0 unspecified atom stereocenters. The van der Waals surface area contributed by atoms with Crippen molar-refractivity contribution in [3.63, 3.8) is 0 Å². The van der Waals surface area contributed by atoms with Crippen LogP contribution < -0.4 is 9.47 Å². The molecule has 0 aliphatic heterocycles.